The van der Waals surface area contributed by atoms with E-state index in [1.54, 1.807) is 0 Å². The van der Waals surface area contributed by atoms with Crippen molar-refractivity contribution in [1.82, 2.24) is 14.7 Å². The summed E-state index contributed by atoms with van der Waals surface area (Å²) in [6.07, 6.45) is -1.89. The van der Waals surface area contributed by atoms with Crippen LogP contribution in [0.3, 0.4) is 0 Å². The van der Waals surface area contributed by atoms with Gasteiger partial charge in [-0.1, -0.05) is 0 Å². The molecule has 1 N–H and O–H groups in total. The molecular formula is C7H4F3N3O. The van der Waals surface area contributed by atoms with Crippen molar-refractivity contribution >= 4 is 11.2 Å². The van der Waals surface area contributed by atoms with Crippen molar-refractivity contribution in [3.8, 4) is 0 Å². The van der Waals surface area contributed by atoms with Gasteiger partial charge in [0.1, 0.15) is 0 Å². The first-order chi connectivity index (χ1) is 6.61. The molecule has 0 aliphatic heterocycles. The highest BCUT2D eigenvalue weighted by molar-refractivity contribution is 5.71. The first-order valence-corrected chi connectivity index (χ1v) is 3.61. The van der Waals surface area contributed by atoms with Crippen LogP contribution in [0.2, 0.25) is 0 Å². The smallest absolute Gasteiger partial charge is 0.298 e. The lowest BCUT2D eigenvalue weighted by molar-refractivity contribution is 0.0943. The summed E-state index contributed by atoms with van der Waals surface area (Å²) in [4.78, 5) is 6.83. The summed E-state index contributed by atoms with van der Waals surface area (Å²) in [6.45, 7) is 0. The van der Waals surface area contributed by atoms with Crippen LogP contribution < -0.4 is 0 Å². The van der Waals surface area contributed by atoms with Crippen molar-refractivity contribution in [3.05, 3.63) is 23.9 Å². The molecule has 2 aromatic rings. The van der Waals surface area contributed by atoms with E-state index in [4.69, 9.17) is 5.21 Å². The predicted molar refractivity (Wildman–Crippen MR) is 39.6 cm³/mol. The van der Waals surface area contributed by atoms with E-state index < -0.39 is 23.6 Å². The highest BCUT2D eigenvalue weighted by atomic mass is 19.3. The van der Waals surface area contributed by atoms with Gasteiger partial charge in [-0.25, -0.2) is 23.1 Å². The van der Waals surface area contributed by atoms with Gasteiger partial charge >= 0.3 is 0 Å². The maximum absolute atomic E-state index is 13.0. The molecule has 2 rings (SSSR count). The number of alkyl halides is 2. The largest absolute Gasteiger partial charge is 0.426 e. The fourth-order valence-corrected chi connectivity index (χ4v) is 1.11. The van der Waals surface area contributed by atoms with Crippen LogP contribution >= 0.6 is 0 Å². The third-order valence-corrected chi connectivity index (χ3v) is 1.70. The third-order valence-electron chi connectivity index (χ3n) is 1.70. The minimum absolute atomic E-state index is 0.0162. The van der Waals surface area contributed by atoms with Gasteiger partial charge in [-0.3, -0.25) is 0 Å². The SMILES string of the molecule is On1c(C(F)F)nc2nccc(F)c21. The summed E-state index contributed by atoms with van der Waals surface area (Å²) >= 11 is 0. The minimum atomic E-state index is -2.98. The van der Waals surface area contributed by atoms with Gasteiger partial charge in [-0.15, -0.1) is 0 Å². The molecule has 0 aliphatic carbocycles. The van der Waals surface area contributed by atoms with E-state index in [2.05, 4.69) is 9.97 Å². The van der Waals surface area contributed by atoms with E-state index >= 15 is 0 Å². The summed E-state index contributed by atoms with van der Waals surface area (Å²) < 4.78 is 37.4. The first kappa shape index (κ1) is 8.79. The summed E-state index contributed by atoms with van der Waals surface area (Å²) in [5, 5.41) is 9.13. The Balaban J connectivity index is 2.81. The number of nitrogens with zero attached hydrogens (tertiary/aromatic N) is 3. The monoisotopic (exact) mass is 203 g/mol. The molecule has 0 spiro atoms. The van der Waals surface area contributed by atoms with E-state index in [-0.39, 0.29) is 10.4 Å². The lowest BCUT2D eigenvalue weighted by Gasteiger charge is -1.97. The second-order valence-corrected chi connectivity index (χ2v) is 2.55. The number of fused-ring (bicyclic) bond motifs is 1. The Labute approximate surface area is 75.6 Å². The molecule has 0 aromatic carbocycles. The molecule has 0 atom stereocenters. The van der Waals surface area contributed by atoms with Crippen molar-refractivity contribution in [2.75, 3.05) is 0 Å². The molecule has 7 heteroatoms. The van der Waals surface area contributed by atoms with E-state index in [1.807, 2.05) is 0 Å². The maximum Gasteiger partial charge on any atom is 0.298 e. The van der Waals surface area contributed by atoms with E-state index in [0.717, 1.165) is 12.3 Å². The Kier molecular flexibility index (Phi) is 1.80. The Morgan fingerprint density at radius 1 is 1.43 bits per heavy atom. The van der Waals surface area contributed by atoms with Gasteiger partial charge in [0.05, 0.1) is 0 Å². The van der Waals surface area contributed by atoms with Crippen LogP contribution in [-0.2, 0) is 0 Å². The van der Waals surface area contributed by atoms with Crippen LogP contribution in [0.5, 0.6) is 0 Å². The molecule has 14 heavy (non-hydrogen) atoms. The topological polar surface area (TPSA) is 50.9 Å². The third kappa shape index (κ3) is 1.09. The van der Waals surface area contributed by atoms with Gasteiger partial charge in [0.2, 0.25) is 5.82 Å². The van der Waals surface area contributed by atoms with Crippen LogP contribution in [0.25, 0.3) is 11.2 Å². The standard InChI is InChI=1S/C7H4F3N3O/c8-3-1-2-11-6-4(3)13(14)7(12-6)5(9)10/h1-2,5,14H. The Morgan fingerprint density at radius 2 is 2.14 bits per heavy atom. The van der Waals surface area contributed by atoms with Crippen molar-refractivity contribution in [2.24, 2.45) is 0 Å². The maximum atomic E-state index is 13.0. The molecule has 0 saturated heterocycles. The van der Waals surface area contributed by atoms with Crippen molar-refractivity contribution in [1.29, 1.82) is 0 Å². The number of hydrogen-bond acceptors (Lipinski definition) is 3. The van der Waals surface area contributed by atoms with Gasteiger partial charge in [0.15, 0.2) is 17.0 Å². The van der Waals surface area contributed by atoms with Crippen LogP contribution in [0.15, 0.2) is 12.3 Å². The number of imidazole rings is 1. The number of pyridine rings is 1. The average Bonchev–Trinajstić information content (AvgIpc) is 2.45. The number of hydrogen-bond donors (Lipinski definition) is 1. The van der Waals surface area contributed by atoms with Gasteiger partial charge < -0.3 is 5.21 Å². The fourth-order valence-electron chi connectivity index (χ4n) is 1.11. The van der Waals surface area contributed by atoms with Gasteiger partial charge in [0.25, 0.3) is 6.43 Å². The molecule has 0 radical (unpaired) electrons. The van der Waals surface area contributed by atoms with Crippen LogP contribution in [0.1, 0.15) is 12.2 Å². The van der Waals surface area contributed by atoms with Gasteiger partial charge in [-0.05, 0) is 6.07 Å². The molecular weight excluding hydrogens is 199 g/mol. The molecule has 0 aliphatic rings. The number of halogens is 3. The number of aromatic nitrogens is 3. The van der Waals surface area contributed by atoms with Crippen LogP contribution in [0.4, 0.5) is 13.2 Å². The van der Waals surface area contributed by atoms with Crippen molar-refractivity contribution < 1.29 is 18.4 Å². The van der Waals surface area contributed by atoms with E-state index in [9.17, 15) is 13.2 Å². The molecule has 0 saturated carbocycles. The number of rotatable bonds is 1. The summed E-state index contributed by atoms with van der Waals surface area (Å²) in [6, 6.07) is 0.950. The zero-order chi connectivity index (χ0) is 10.3. The van der Waals surface area contributed by atoms with E-state index in [1.165, 1.54) is 0 Å². The quantitative estimate of drug-likeness (QED) is 0.718. The molecule has 0 bridgehead atoms. The Hall–Kier alpha value is -1.79. The first-order valence-electron chi connectivity index (χ1n) is 3.61. The average molecular weight is 203 g/mol. The summed E-state index contributed by atoms with van der Waals surface area (Å²) in [5.74, 6) is -1.77. The zero-order valence-electron chi connectivity index (χ0n) is 6.65. The predicted octanol–water partition coefficient (Wildman–Crippen LogP) is 1.75. The van der Waals surface area contributed by atoms with Crippen molar-refractivity contribution in [2.45, 2.75) is 6.43 Å². The Bertz CT molecular complexity index is 482. The molecule has 0 fully saturated rings. The molecule has 0 amide bonds. The molecule has 4 nitrogen and oxygen atoms in total. The summed E-state index contributed by atoms with van der Waals surface area (Å²) in [7, 11) is 0. The zero-order valence-corrected chi connectivity index (χ0v) is 6.65. The lowest BCUT2D eigenvalue weighted by atomic mass is 10.4. The second-order valence-electron chi connectivity index (χ2n) is 2.55. The summed E-state index contributed by atoms with van der Waals surface area (Å²) in [5.41, 5.74) is -0.689. The molecule has 2 aromatic heterocycles. The normalized spacial score (nSPS) is 11.4. The van der Waals surface area contributed by atoms with Gasteiger partial charge in [0, 0.05) is 6.20 Å². The molecule has 74 valence electrons. The highest BCUT2D eigenvalue weighted by Gasteiger charge is 2.21. The second kappa shape index (κ2) is 2.86. The highest BCUT2D eigenvalue weighted by Crippen LogP contribution is 2.22. The van der Waals surface area contributed by atoms with Crippen LogP contribution in [-0.4, -0.2) is 19.9 Å². The lowest BCUT2D eigenvalue weighted by Crippen LogP contribution is -1.99. The minimum Gasteiger partial charge on any atom is -0.426 e. The van der Waals surface area contributed by atoms with Gasteiger partial charge in [-0.2, -0.15) is 4.73 Å². The molecule has 0 unspecified atom stereocenters. The van der Waals surface area contributed by atoms with E-state index in [0.29, 0.717) is 0 Å². The van der Waals surface area contributed by atoms with Crippen molar-refractivity contribution in [3.63, 3.8) is 0 Å². The van der Waals surface area contributed by atoms with Crippen LogP contribution in [0, 0.1) is 5.82 Å². The fraction of sp³-hybridized carbons (Fsp3) is 0.143. The Morgan fingerprint density at radius 3 is 2.71 bits per heavy atom. The molecule has 2 heterocycles.